The Balaban J connectivity index is 0.000000704. The average molecular weight is 271 g/mol. The van der Waals surface area contributed by atoms with Crippen LogP contribution in [0, 0.1) is 0 Å². The molecular formula is C16H21N3O. The summed E-state index contributed by atoms with van der Waals surface area (Å²) in [6, 6.07) is 7.69. The minimum Gasteiger partial charge on any atom is -0.366 e. The minimum atomic E-state index is -0.361. The molecule has 1 aliphatic rings. The van der Waals surface area contributed by atoms with Crippen molar-refractivity contribution in [1.29, 1.82) is 0 Å². The summed E-state index contributed by atoms with van der Waals surface area (Å²) in [5.74, 6) is -0.361. The topological polar surface area (TPSA) is 59.2 Å². The van der Waals surface area contributed by atoms with Gasteiger partial charge in [0.2, 0.25) is 5.91 Å². The van der Waals surface area contributed by atoms with Crippen molar-refractivity contribution < 1.29 is 4.79 Å². The zero-order chi connectivity index (χ0) is 14.7. The number of hydrogen-bond donors (Lipinski definition) is 1. The van der Waals surface area contributed by atoms with Gasteiger partial charge in [0, 0.05) is 36.2 Å². The fourth-order valence-electron chi connectivity index (χ4n) is 2.61. The first kappa shape index (κ1) is 14.5. The molecule has 0 unspecified atom stereocenters. The van der Waals surface area contributed by atoms with Gasteiger partial charge < -0.3 is 10.6 Å². The third-order valence-electron chi connectivity index (χ3n) is 3.48. The van der Waals surface area contributed by atoms with Gasteiger partial charge in [-0.3, -0.25) is 9.78 Å². The van der Waals surface area contributed by atoms with Crippen LogP contribution in [0.4, 0.5) is 0 Å². The smallest absolute Gasteiger partial charge is 0.249 e. The van der Waals surface area contributed by atoms with E-state index in [-0.39, 0.29) is 5.91 Å². The van der Waals surface area contributed by atoms with Crippen molar-refractivity contribution in [1.82, 2.24) is 9.88 Å². The molecule has 0 aliphatic carbocycles. The lowest BCUT2D eigenvalue weighted by Gasteiger charge is -2.26. The van der Waals surface area contributed by atoms with Crippen LogP contribution < -0.4 is 5.73 Å². The molecule has 0 fully saturated rings. The maximum Gasteiger partial charge on any atom is 0.249 e. The van der Waals surface area contributed by atoms with Gasteiger partial charge in [-0.2, -0.15) is 0 Å². The molecule has 0 atom stereocenters. The van der Waals surface area contributed by atoms with Crippen molar-refractivity contribution in [2.75, 3.05) is 13.6 Å². The number of hydrogen-bond acceptors (Lipinski definition) is 3. The van der Waals surface area contributed by atoms with Gasteiger partial charge in [-0.25, -0.2) is 0 Å². The van der Waals surface area contributed by atoms with E-state index in [4.69, 9.17) is 5.73 Å². The lowest BCUT2D eigenvalue weighted by molar-refractivity contribution is 0.0999. The van der Waals surface area contributed by atoms with Crippen LogP contribution in [-0.4, -0.2) is 29.4 Å². The molecule has 0 radical (unpaired) electrons. The number of aromatic nitrogens is 1. The van der Waals surface area contributed by atoms with Gasteiger partial charge in [-0.15, -0.1) is 0 Å². The largest absolute Gasteiger partial charge is 0.366 e. The Labute approximate surface area is 119 Å². The Bertz CT molecular complexity index is 637. The van der Waals surface area contributed by atoms with Gasteiger partial charge in [0.05, 0.1) is 11.1 Å². The van der Waals surface area contributed by atoms with E-state index >= 15 is 0 Å². The molecule has 0 bridgehead atoms. The average Bonchev–Trinajstić information content (AvgIpc) is 2.46. The number of amides is 1. The lowest BCUT2D eigenvalue weighted by Crippen LogP contribution is -2.30. The van der Waals surface area contributed by atoms with Gasteiger partial charge in [0.15, 0.2) is 0 Å². The van der Waals surface area contributed by atoms with Gasteiger partial charge >= 0.3 is 0 Å². The molecule has 20 heavy (non-hydrogen) atoms. The quantitative estimate of drug-likeness (QED) is 0.866. The summed E-state index contributed by atoms with van der Waals surface area (Å²) >= 11 is 0. The molecule has 106 valence electrons. The predicted octanol–water partition coefficient (Wildman–Crippen LogP) is 2.35. The number of nitrogens with zero attached hydrogens (tertiary/aromatic N) is 2. The van der Waals surface area contributed by atoms with Crippen molar-refractivity contribution >= 4 is 16.8 Å². The highest BCUT2D eigenvalue weighted by molar-refractivity contribution is 6.07. The van der Waals surface area contributed by atoms with Gasteiger partial charge in [-0.05, 0) is 13.1 Å². The summed E-state index contributed by atoms with van der Waals surface area (Å²) in [5.41, 5.74) is 9.07. The normalized spacial score (nSPS) is 14.3. The highest BCUT2D eigenvalue weighted by atomic mass is 16.1. The second-order valence-corrected chi connectivity index (χ2v) is 4.78. The molecule has 4 nitrogen and oxygen atoms in total. The Hall–Kier alpha value is -1.94. The summed E-state index contributed by atoms with van der Waals surface area (Å²) in [6.07, 6.45) is 0.872. The molecular weight excluding hydrogens is 250 g/mol. The number of para-hydroxylation sites is 1. The molecule has 1 aromatic carbocycles. The maximum atomic E-state index is 11.8. The number of likely N-dealkylation sites (N-methyl/N-ethyl adjacent to an activating group) is 1. The first-order valence-electron chi connectivity index (χ1n) is 7.05. The fraction of sp³-hybridized carbons (Fsp3) is 0.375. The molecule has 3 rings (SSSR count). The molecule has 1 aromatic heterocycles. The number of rotatable bonds is 1. The highest BCUT2D eigenvalue weighted by Crippen LogP contribution is 2.27. The summed E-state index contributed by atoms with van der Waals surface area (Å²) in [4.78, 5) is 18.6. The van der Waals surface area contributed by atoms with Crippen LogP contribution in [0.1, 0.15) is 35.5 Å². The summed E-state index contributed by atoms with van der Waals surface area (Å²) in [6.45, 7) is 5.71. The monoisotopic (exact) mass is 271 g/mol. The maximum absolute atomic E-state index is 11.8. The fourth-order valence-corrected chi connectivity index (χ4v) is 2.61. The molecule has 4 heteroatoms. The third kappa shape index (κ3) is 2.51. The number of benzene rings is 1. The standard InChI is InChI=1S/C14H15N3O.C2H6/c1-17-7-6-12-10(8-17)13(14(15)18)9-4-2-3-5-11(9)16-12;1-2/h2-5H,6-8H2,1H3,(H2,15,18);1-2H3. The molecule has 1 amide bonds. The number of primary amides is 1. The Kier molecular flexibility index (Phi) is 4.35. The number of fused-ring (bicyclic) bond motifs is 2. The number of carbonyl (C=O) groups excluding carboxylic acids is 1. The molecule has 2 aromatic rings. The van der Waals surface area contributed by atoms with E-state index in [2.05, 4.69) is 9.88 Å². The van der Waals surface area contributed by atoms with Gasteiger partial charge in [0.1, 0.15) is 0 Å². The first-order valence-corrected chi connectivity index (χ1v) is 7.05. The minimum absolute atomic E-state index is 0.361. The van der Waals surface area contributed by atoms with E-state index in [9.17, 15) is 4.79 Å². The molecule has 0 saturated carbocycles. The van der Waals surface area contributed by atoms with Crippen LogP contribution in [-0.2, 0) is 13.0 Å². The summed E-state index contributed by atoms with van der Waals surface area (Å²) < 4.78 is 0. The van der Waals surface area contributed by atoms with Crippen molar-refractivity contribution in [2.45, 2.75) is 26.8 Å². The van der Waals surface area contributed by atoms with Crippen LogP contribution in [0.25, 0.3) is 10.9 Å². The van der Waals surface area contributed by atoms with E-state index in [0.29, 0.717) is 5.56 Å². The van der Waals surface area contributed by atoms with Crippen LogP contribution in [0.2, 0.25) is 0 Å². The second kappa shape index (κ2) is 6.01. The van der Waals surface area contributed by atoms with Crippen LogP contribution in [0.15, 0.2) is 24.3 Å². The molecule has 0 spiro atoms. The van der Waals surface area contributed by atoms with E-state index in [1.165, 1.54) is 0 Å². The van der Waals surface area contributed by atoms with Crippen molar-refractivity contribution in [3.05, 3.63) is 41.1 Å². The molecule has 2 heterocycles. The number of pyridine rings is 1. The van der Waals surface area contributed by atoms with E-state index < -0.39 is 0 Å². The second-order valence-electron chi connectivity index (χ2n) is 4.78. The molecule has 0 saturated heterocycles. The Morgan fingerprint density at radius 1 is 1.30 bits per heavy atom. The van der Waals surface area contributed by atoms with E-state index in [1.54, 1.807) is 0 Å². The van der Waals surface area contributed by atoms with Gasteiger partial charge in [0.25, 0.3) is 0 Å². The Morgan fingerprint density at radius 3 is 2.70 bits per heavy atom. The zero-order valence-electron chi connectivity index (χ0n) is 12.3. The van der Waals surface area contributed by atoms with Crippen molar-refractivity contribution in [2.24, 2.45) is 5.73 Å². The first-order chi connectivity index (χ1) is 9.66. The van der Waals surface area contributed by atoms with Gasteiger partial charge in [-0.1, -0.05) is 32.0 Å². The predicted molar refractivity (Wildman–Crippen MR) is 81.6 cm³/mol. The van der Waals surface area contributed by atoms with Crippen molar-refractivity contribution in [3.8, 4) is 0 Å². The number of nitrogens with two attached hydrogens (primary N) is 1. The highest BCUT2D eigenvalue weighted by Gasteiger charge is 2.22. The van der Waals surface area contributed by atoms with E-state index in [1.807, 2.05) is 45.2 Å². The molecule has 2 N–H and O–H groups in total. The van der Waals surface area contributed by atoms with Crippen LogP contribution >= 0.6 is 0 Å². The Morgan fingerprint density at radius 2 is 2.00 bits per heavy atom. The van der Waals surface area contributed by atoms with E-state index in [0.717, 1.165) is 41.7 Å². The zero-order valence-corrected chi connectivity index (χ0v) is 12.3. The van der Waals surface area contributed by atoms with Crippen LogP contribution in [0.5, 0.6) is 0 Å². The molecule has 1 aliphatic heterocycles. The third-order valence-corrected chi connectivity index (χ3v) is 3.48. The summed E-state index contributed by atoms with van der Waals surface area (Å²) in [7, 11) is 2.04. The lowest BCUT2D eigenvalue weighted by atomic mass is 9.96. The van der Waals surface area contributed by atoms with Crippen LogP contribution in [0.3, 0.4) is 0 Å². The van der Waals surface area contributed by atoms with Crippen molar-refractivity contribution in [3.63, 3.8) is 0 Å². The number of carbonyl (C=O) groups is 1. The SMILES string of the molecule is CC.CN1CCc2nc3ccccc3c(C(N)=O)c2C1. The summed E-state index contributed by atoms with van der Waals surface area (Å²) in [5, 5.41) is 0.860.